The molecule has 144 valence electrons. The minimum Gasteiger partial charge on any atom is -0.375 e. The Morgan fingerprint density at radius 2 is 1.96 bits per heavy atom. The van der Waals surface area contributed by atoms with Gasteiger partial charge in [-0.1, -0.05) is 29.8 Å². The van der Waals surface area contributed by atoms with Crippen LogP contribution < -0.4 is 0 Å². The molecule has 1 amide bonds. The molecule has 0 bridgehead atoms. The average molecular weight is 360 g/mol. The molecule has 2 saturated heterocycles. The van der Waals surface area contributed by atoms with E-state index in [1.54, 1.807) is 0 Å². The minimum atomic E-state index is 0.190. The summed E-state index contributed by atoms with van der Waals surface area (Å²) < 4.78 is 6.14. The van der Waals surface area contributed by atoms with Gasteiger partial charge in [0.15, 0.2) is 0 Å². The van der Waals surface area contributed by atoms with E-state index in [1.807, 2.05) is 4.90 Å². The van der Waals surface area contributed by atoms with Gasteiger partial charge in [-0.05, 0) is 33.0 Å². The zero-order valence-corrected chi connectivity index (χ0v) is 16.5. The first kappa shape index (κ1) is 19.3. The van der Waals surface area contributed by atoms with E-state index in [2.05, 4.69) is 55.1 Å². The lowest BCUT2D eigenvalue weighted by Crippen LogP contribution is -2.49. The summed E-state index contributed by atoms with van der Waals surface area (Å²) in [4.78, 5) is 19.5. The Kier molecular flexibility index (Phi) is 6.68. The van der Waals surface area contributed by atoms with Gasteiger partial charge < -0.3 is 14.5 Å². The Morgan fingerprint density at radius 1 is 1.19 bits per heavy atom. The number of aryl methyl sites for hydroxylation is 1. The van der Waals surface area contributed by atoms with Gasteiger partial charge in [-0.15, -0.1) is 0 Å². The molecule has 0 aromatic heterocycles. The number of hydrogen-bond acceptors (Lipinski definition) is 4. The molecule has 1 aromatic carbocycles. The quantitative estimate of drug-likeness (QED) is 0.801. The molecule has 2 heterocycles. The number of nitrogens with zero attached hydrogens (tertiary/aromatic N) is 3. The van der Waals surface area contributed by atoms with Gasteiger partial charge in [0.05, 0.1) is 19.1 Å². The van der Waals surface area contributed by atoms with Crippen LogP contribution in [0.4, 0.5) is 0 Å². The van der Waals surface area contributed by atoms with Crippen molar-refractivity contribution in [3.63, 3.8) is 0 Å². The van der Waals surface area contributed by atoms with Gasteiger partial charge in [0, 0.05) is 45.2 Å². The van der Waals surface area contributed by atoms with Crippen molar-refractivity contribution in [1.29, 1.82) is 0 Å². The Hall–Kier alpha value is -1.43. The summed E-state index contributed by atoms with van der Waals surface area (Å²) >= 11 is 0. The van der Waals surface area contributed by atoms with E-state index in [1.165, 1.54) is 5.56 Å². The number of fused-ring (bicyclic) bond motifs is 1. The van der Waals surface area contributed by atoms with Gasteiger partial charge in [-0.2, -0.15) is 0 Å². The third-order valence-electron chi connectivity index (χ3n) is 5.62. The Balaban J connectivity index is 1.52. The van der Waals surface area contributed by atoms with Crippen LogP contribution in [0.3, 0.4) is 0 Å². The summed E-state index contributed by atoms with van der Waals surface area (Å²) in [6.45, 7) is 8.72. The number of hydrogen-bond donors (Lipinski definition) is 0. The number of benzene rings is 1. The van der Waals surface area contributed by atoms with Gasteiger partial charge in [0.1, 0.15) is 0 Å². The number of ether oxygens (including phenoxy) is 1. The van der Waals surface area contributed by atoms with Crippen molar-refractivity contribution in [2.75, 3.05) is 60.0 Å². The molecule has 1 aromatic rings. The zero-order chi connectivity index (χ0) is 18.5. The SMILES string of the molecule is Cc1ccc(CC(=O)N2CC[C@H]3CN(CCN(C)C)CCO[C@H]3C2)cc1. The van der Waals surface area contributed by atoms with Crippen LogP contribution in [0.1, 0.15) is 17.5 Å². The lowest BCUT2D eigenvalue weighted by Gasteiger charge is -2.38. The lowest BCUT2D eigenvalue weighted by molar-refractivity contribution is -0.136. The molecule has 0 radical (unpaired) electrons. The molecule has 2 aliphatic rings. The maximum atomic E-state index is 12.7. The summed E-state index contributed by atoms with van der Waals surface area (Å²) in [6.07, 6.45) is 1.73. The number of carbonyl (C=O) groups excluding carboxylic acids is 1. The third-order valence-corrected chi connectivity index (χ3v) is 5.62. The fourth-order valence-electron chi connectivity index (χ4n) is 3.88. The first-order valence-corrected chi connectivity index (χ1v) is 9.83. The topological polar surface area (TPSA) is 36.0 Å². The molecule has 0 saturated carbocycles. The highest BCUT2D eigenvalue weighted by atomic mass is 16.5. The molecule has 26 heavy (non-hydrogen) atoms. The number of rotatable bonds is 5. The number of carbonyl (C=O) groups is 1. The van der Waals surface area contributed by atoms with Gasteiger partial charge in [0.2, 0.25) is 5.91 Å². The Morgan fingerprint density at radius 3 is 2.69 bits per heavy atom. The van der Waals surface area contributed by atoms with Crippen LogP contribution in [0, 0.1) is 12.8 Å². The van der Waals surface area contributed by atoms with Crippen LogP contribution in [-0.4, -0.2) is 86.7 Å². The summed E-state index contributed by atoms with van der Waals surface area (Å²) in [5.41, 5.74) is 2.33. The molecular formula is C21H33N3O2. The second-order valence-corrected chi connectivity index (χ2v) is 8.06. The monoisotopic (exact) mass is 359 g/mol. The van der Waals surface area contributed by atoms with Gasteiger partial charge >= 0.3 is 0 Å². The van der Waals surface area contributed by atoms with Gasteiger partial charge in [0.25, 0.3) is 0 Å². The van der Waals surface area contributed by atoms with E-state index in [4.69, 9.17) is 4.74 Å². The standard InChI is InChI=1S/C21H33N3O2/c1-17-4-6-18(7-5-17)14-21(25)24-9-8-19-15-23(11-10-22(2)3)12-13-26-20(19)16-24/h4-7,19-20H,8-16H2,1-3H3/t19-,20-/m0/s1. The number of piperidine rings is 1. The number of likely N-dealkylation sites (tertiary alicyclic amines) is 1. The highest BCUT2D eigenvalue weighted by molar-refractivity contribution is 5.79. The van der Waals surface area contributed by atoms with E-state index in [0.29, 0.717) is 12.3 Å². The number of likely N-dealkylation sites (N-methyl/N-ethyl adjacent to an activating group) is 1. The van der Waals surface area contributed by atoms with E-state index >= 15 is 0 Å². The molecule has 0 aliphatic carbocycles. The van der Waals surface area contributed by atoms with Crippen LogP contribution in [0.15, 0.2) is 24.3 Å². The van der Waals surface area contributed by atoms with E-state index in [0.717, 1.165) is 57.9 Å². The summed E-state index contributed by atoms with van der Waals surface area (Å²) in [7, 11) is 4.24. The molecular weight excluding hydrogens is 326 g/mol. The molecule has 0 unspecified atom stereocenters. The summed E-state index contributed by atoms with van der Waals surface area (Å²) in [5, 5.41) is 0. The van der Waals surface area contributed by atoms with Crippen LogP contribution >= 0.6 is 0 Å². The van der Waals surface area contributed by atoms with Crippen molar-refractivity contribution < 1.29 is 9.53 Å². The minimum absolute atomic E-state index is 0.190. The van der Waals surface area contributed by atoms with Crippen LogP contribution in [0.2, 0.25) is 0 Å². The van der Waals surface area contributed by atoms with Crippen LogP contribution in [0.25, 0.3) is 0 Å². The maximum Gasteiger partial charge on any atom is 0.227 e. The average Bonchev–Trinajstić information content (AvgIpc) is 2.83. The molecule has 5 nitrogen and oxygen atoms in total. The lowest BCUT2D eigenvalue weighted by atomic mass is 9.93. The molecule has 5 heteroatoms. The van der Waals surface area contributed by atoms with E-state index < -0.39 is 0 Å². The molecule has 2 aliphatic heterocycles. The number of amides is 1. The molecule has 2 atom stereocenters. The van der Waals surface area contributed by atoms with Crippen molar-refractivity contribution in [3.8, 4) is 0 Å². The predicted octanol–water partition coefficient (Wildman–Crippen LogP) is 1.65. The summed E-state index contributed by atoms with van der Waals surface area (Å²) in [6, 6.07) is 8.27. The fraction of sp³-hybridized carbons (Fsp3) is 0.667. The molecule has 0 N–H and O–H groups in total. The first-order chi connectivity index (χ1) is 12.5. The maximum absolute atomic E-state index is 12.7. The largest absolute Gasteiger partial charge is 0.375 e. The van der Waals surface area contributed by atoms with Crippen molar-refractivity contribution in [1.82, 2.24) is 14.7 Å². The Bertz CT molecular complexity index is 587. The highest BCUT2D eigenvalue weighted by Gasteiger charge is 2.34. The zero-order valence-electron chi connectivity index (χ0n) is 16.5. The molecule has 3 rings (SSSR count). The normalized spacial score (nSPS) is 24.4. The summed E-state index contributed by atoms with van der Waals surface area (Å²) in [5.74, 6) is 0.771. The van der Waals surface area contributed by atoms with E-state index in [9.17, 15) is 4.79 Å². The highest BCUT2D eigenvalue weighted by Crippen LogP contribution is 2.24. The third kappa shape index (κ3) is 5.29. The van der Waals surface area contributed by atoms with Gasteiger partial charge in [-0.3, -0.25) is 9.69 Å². The second-order valence-electron chi connectivity index (χ2n) is 8.06. The van der Waals surface area contributed by atoms with Crippen LogP contribution in [-0.2, 0) is 16.0 Å². The molecule has 2 fully saturated rings. The predicted molar refractivity (Wildman–Crippen MR) is 104 cm³/mol. The fourth-order valence-corrected chi connectivity index (χ4v) is 3.88. The molecule has 0 spiro atoms. The second kappa shape index (κ2) is 8.98. The van der Waals surface area contributed by atoms with Crippen molar-refractivity contribution in [3.05, 3.63) is 35.4 Å². The Labute approximate surface area is 157 Å². The smallest absolute Gasteiger partial charge is 0.227 e. The van der Waals surface area contributed by atoms with E-state index in [-0.39, 0.29) is 12.0 Å². The van der Waals surface area contributed by atoms with Gasteiger partial charge in [-0.25, -0.2) is 0 Å². The van der Waals surface area contributed by atoms with Crippen molar-refractivity contribution in [2.24, 2.45) is 5.92 Å². The van der Waals surface area contributed by atoms with Crippen molar-refractivity contribution >= 4 is 5.91 Å². The van der Waals surface area contributed by atoms with Crippen LogP contribution in [0.5, 0.6) is 0 Å². The van der Waals surface area contributed by atoms with Crippen molar-refractivity contribution in [2.45, 2.75) is 25.9 Å². The first-order valence-electron chi connectivity index (χ1n) is 9.83.